The van der Waals surface area contributed by atoms with Crippen LogP contribution in [0.1, 0.15) is 12.8 Å². The highest BCUT2D eigenvalue weighted by Crippen LogP contribution is 2.26. The Bertz CT molecular complexity index is 129. The molecule has 1 saturated heterocycles. The average molecular weight is 210 g/mol. The molecule has 0 aromatic carbocycles. The number of nitrogens with two attached hydrogens (primary N) is 1. The third kappa shape index (κ3) is 3.43. The Morgan fingerprint density at radius 1 is 1.25 bits per heavy atom. The smallest absolute Gasteiger partial charge is 0.0688 e. The molecule has 0 unspecified atom stereocenters. The van der Waals surface area contributed by atoms with Crippen molar-refractivity contribution in [3.63, 3.8) is 0 Å². The molecule has 12 heavy (non-hydrogen) atoms. The van der Waals surface area contributed by atoms with E-state index in [-0.39, 0.29) is 24.6 Å². The van der Waals surface area contributed by atoms with Crippen LogP contribution in [0.15, 0.2) is 0 Å². The maximum atomic E-state index is 9.49. The summed E-state index contributed by atoms with van der Waals surface area (Å²) in [6.07, 6.45) is 1.73. The van der Waals surface area contributed by atoms with Crippen LogP contribution < -0.4 is 5.73 Å². The van der Waals surface area contributed by atoms with Crippen molar-refractivity contribution < 1.29 is 5.11 Å². The van der Waals surface area contributed by atoms with Gasteiger partial charge in [-0.25, -0.2) is 0 Å². The molecule has 1 rings (SSSR count). The standard InChI is InChI=1S/C8H19NOSi.ClH/c1-11(2)5-3-7(9)8(10)4-6-11;/h7-8,10H,3-6,9H2,1-2H3;1H/t7-,8-;/m0./s1. The van der Waals surface area contributed by atoms with Crippen LogP contribution in [0.5, 0.6) is 0 Å². The Kier molecular flexibility index (Phi) is 4.77. The Morgan fingerprint density at radius 2 is 1.75 bits per heavy atom. The molecule has 1 fully saturated rings. The number of rotatable bonds is 0. The molecule has 74 valence electrons. The van der Waals surface area contributed by atoms with E-state index in [1.165, 1.54) is 12.1 Å². The van der Waals surface area contributed by atoms with Crippen LogP contribution in [0.2, 0.25) is 25.2 Å². The number of halogens is 1. The second-order valence-electron chi connectivity index (χ2n) is 4.47. The summed E-state index contributed by atoms with van der Waals surface area (Å²) in [6, 6.07) is 2.57. The van der Waals surface area contributed by atoms with E-state index in [1.54, 1.807) is 0 Å². The monoisotopic (exact) mass is 209 g/mol. The number of aliphatic hydroxyl groups excluding tert-OH is 1. The van der Waals surface area contributed by atoms with Crippen molar-refractivity contribution in [1.82, 2.24) is 0 Å². The van der Waals surface area contributed by atoms with Crippen LogP contribution in [-0.2, 0) is 0 Å². The first kappa shape index (κ1) is 12.4. The van der Waals surface area contributed by atoms with Gasteiger partial charge >= 0.3 is 0 Å². The Hall–Kier alpha value is 0.427. The summed E-state index contributed by atoms with van der Waals surface area (Å²) in [6.45, 7) is 4.77. The highest BCUT2D eigenvalue weighted by molar-refractivity contribution is 6.77. The Morgan fingerprint density at radius 3 is 2.33 bits per heavy atom. The molecule has 0 amide bonds. The van der Waals surface area contributed by atoms with Crippen molar-refractivity contribution in [2.75, 3.05) is 0 Å². The zero-order valence-electron chi connectivity index (χ0n) is 7.92. The molecule has 0 aromatic rings. The van der Waals surface area contributed by atoms with E-state index < -0.39 is 8.07 Å². The fourth-order valence-corrected chi connectivity index (χ4v) is 4.07. The molecule has 2 atom stereocenters. The van der Waals surface area contributed by atoms with Gasteiger partial charge in [0.15, 0.2) is 0 Å². The van der Waals surface area contributed by atoms with Gasteiger partial charge in [-0.05, 0) is 12.8 Å². The molecule has 0 aromatic heterocycles. The van der Waals surface area contributed by atoms with Crippen LogP contribution in [0, 0.1) is 0 Å². The minimum absolute atomic E-state index is 0. The summed E-state index contributed by atoms with van der Waals surface area (Å²) in [5, 5.41) is 9.49. The predicted octanol–water partition coefficient (Wildman–Crippen LogP) is 1.60. The fraction of sp³-hybridized carbons (Fsp3) is 1.00. The second kappa shape index (κ2) is 4.60. The predicted molar refractivity (Wildman–Crippen MR) is 57.6 cm³/mol. The summed E-state index contributed by atoms with van der Waals surface area (Å²) in [7, 11) is -0.964. The van der Waals surface area contributed by atoms with Crippen LogP contribution in [0.25, 0.3) is 0 Å². The molecular weight excluding hydrogens is 190 g/mol. The van der Waals surface area contributed by atoms with Crippen LogP contribution >= 0.6 is 12.4 Å². The summed E-state index contributed by atoms with van der Waals surface area (Å²) in [5.74, 6) is 0. The van der Waals surface area contributed by atoms with Crippen LogP contribution in [0.3, 0.4) is 0 Å². The molecule has 4 heteroatoms. The van der Waals surface area contributed by atoms with E-state index in [0.717, 1.165) is 12.8 Å². The van der Waals surface area contributed by atoms with E-state index >= 15 is 0 Å². The van der Waals surface area contributed by atoms with Gasteiger partial charge < -0.3 is 10.8 Å². The molecule has 0 saturated carbocycles. The minimum atomic E-state index is -0.964. The van der Waals surface area contributed by atoms with Gasteiger partial charge in [0.25, 0.3) is 0 Å². The Labute approximate surface area is 82.0 Å². The number of aliphatic hydroxyl groups is 1. The highest BCUT2D eigenvalue weighted by atomic mass is 35.5. The van der Waals surface area contributed by atoms with Crippen molar-refractivity contribution in [2.24, 2.45) is 5.73 Å². The number of hydrogen-bond donors (Lipinski definition) is 2. The van der Waals surface area contributed by atoms with Gasteiger partial charge in [0.05, 0.1) is 6.10 Å². The lowest BCUT2D eigenvalue weighted by molar-refractivity contribution is 0.141. The van der Waals surface area contributed by atoms with Crippen molar-refractivity contribution in [3.05, 3.63) is 0 Å². The lowest BCUT2D eigenvalue weighted by atomic mass is 10.1. The minimum Gasteiger partial charge on any atom is -0.392 e. The summed E-state index contributed by atoms with van der Waals surface area (Å²) in [5.41, 5.74) is 5.77. The van der Waals surface area contributed by atoms with E-state index in [0.29, 0.717) is 0 Å². The molecule has 0 aliphatic carbocycles. The van der Waals surface area contributed by atoms with Crippen LogP contribution in [0.4, 0.5) is 0 Å². The zero-order chi connectivity index (χ0) is 8.48. The molecule has 0 radical (unpaired) electrons. The molecule has 1 aliphatic rings. The van der Waals surface area contributed by atoms with Gasteiger partial charge in [-0.15, -0.1) is 12.4 Å². The highest BCUT2D eigenvalue weighted by Gasteiger charge is 2.28. The van der Waals surface area contributed by atoms with Crippen molar-refractivity contribution >= 4 is 20.5 Å². The van der Waals surface area contributed by atoms with Gasteiger partial charge in [0.1, 0.15) is 0 Å². The quantitative estimate of drug-likeness (QED) is 0.596. The third-order valence-electron chi connectivity index (χ3n) is 2.77. The molecule has 0 bridgehead atoms. The van der Waals surface area contributed by atoms with E-state index in [4.69, 9.17) is 5.73 Å². The van der Waals surface area contributed by atoms with Crippen molar-refractivity contribution in [3.8, 4) is 0 Å². The largest absolute Gasteiger partial charge is 0.392 e. The fourth-order valence-electron chi connectivity index (χ4n) is 1.63. The maximum Gasteiger partial charge on any atom is 0.0688 e. The average Bonchev–Trinajstić information content (AvgIpc) is 2.03. The first-order chi connectivity index (χ1) is 5.01. The second-order valence-corrected chi connectivity index (χ2v) is 9.80. The van der Waals surface area contributed by atoms with Crippen molar-refractivity contribution in [2.45, 2.75) is 50.2 Å². The molecule has 2 nitrogen and oxygen atoms in total. The molecule has 0 spiro atoms. The van der Waals surface area contributed by atoms with Crippen molar-refractivity contribution in [1.29, 1.82) is 0 Å². The van der Waals surface area contributed by atoms with Crippen LogP contribution in [-0.4, -0.2) is 25.3 Å². The topological polar surface area (TPSA) is 46.2 Å². The van der Waals surface area contributed by atoms with E-state index in [1.807, 2.05) is 0 Å². The normalized spacial score (nSPS) is 35.0. The van der Waals surface area contributed by atoms with Gasteiger partial charge in [0, 0.05) is 14.1 Å². The molecule has 3 N–H and O–H groups in total. The van der Waals surface area contributed by atoms with Gasteiger partial charge in [0.2, 0.25) is 0 Å². The SMILES string of the molecule is C[Si]1(C)CC[C@H](N)[C@@H](O)CC1.Cl. The van der Waals surface area contributed by atoms with Gasteiger partial charge in [-0.1, -0.05) is 25.2 Å². The zero-order valence-corrected chi connectivity index (χ0v) is 9.73. The maximum absolute atomic E-state index is 9.49. The summed E-state index contributed by atoms with van der Waals surface area (Å²) < 4.78 is 0. The molecular formula is C8H20ClNOSi. The van der Waals surface area contributed by atoms with E-state index in [9.17, 15) is 5.11 Å². The lowest BCUT2D eigenvalue weighted by Crippen LogP contribution is -2.32. The molecule has 1 aliphatic heterocycles. The summed E-state index contributed by atoms with van der Waals surface area (Å²) in [4.78, 5) is 0. The van der Waals surface area contributed by atoms with Gasteiger partial charge in [-0.3, -0.25) is 0 Å². The molecule has 1 heterocycles. The lowest BCUT2D eigenvalue weighted by Gasteiger charge is -2.18. The first-order valence-electron chi connectivity index (χ1n) is 4.45. The first-order valence-corrected chi connectivity index (χ1v) is 7.86. The number of hydrogen-bond acceptors (Lipinski definition) is 2. The van der Waals surface area contributed by atoms with Gasteiger partial charge in [-0.2, -0.15) is 0 Å². The Balaban J connectivity index is 0.00000121. The summed E-state index contributed by atoms with van der Waals surface area (Å²) >= 11 is 0. The van der Waals surface area contributed by atoms with E-state index in [2.05, 4.69) is 13.1 Å². The third-order valence-corrected chi connectivity index (χ3v) is 6.05.